The molecule has 0 saturated heterocycles. The molecule has 0 heterocycles. The number of hydrogen-bond acceptors (Lipinski definition) is 1. The summed E-state index contributed by atoms with van der Waals surface area (Å²) in [4.78, 5) is 0. The van der Waals surface area contributed by atoms with Crippen molar-refractivity contribution in [2.75, 3.05) is 6.61 Å². The smallest absolute Gasteiger partial charge is 0.161 e. The van der Waals surface area contributed by atoms with Crippen LogP contribution in [-0.4, -0.2) is 16.4 Å². The van der Waals surface area contributed by atoms with Gasteiger partial charge in [0.15, 0.2) is 9.76 Å². The van der Waals surface area contributed by atoms with Crippen LogP contribution in [0.5, 0.6) is 0 Å². The molecule has 2 heteroatoms. The molecule has 0 radical (unpaired) electrons. The number of unbranched alkanes of at least 4 members (excludes halogenated alkanes) is 1. The maximum Gasteiger partial charge on any atom is 0.161 e. The van der Waals surface area contributed by atoms with E-state index in [1.54, 1.807) is 0 Å². The van der Waals surface area contributed by atoms with Crippen LogP contribution >= 0.6 is 0 Å². The monoisotopic (exact) mass is 184 g/mol. The molecular weight excluding hydrogens is 164 g/mol. The van der Waals surface area contributed by atoms with Crippen LogP contribution in [0.25, 0.3) is 0 Å². The Bertz CT molecular complexity index is 115. The quantitative estimate of drug-likeness (QED) is 0.319. The molecule has 0 fully saturated rings. The van der Waals surface area contributed by atoms with E-state index in [4.69, 9.17) is 4.43 Å². The summed E-state index contributed by atoms with van der Waals surface area (Å²) in [6, 6.07) is 1.30. The highest BCUT2D eigenvalue weighted by Gasteiger charge is 1.97. The van der Waals surface area contributed by atoms with E-state index in [0.717, 1.165) is 6.61 Å². The summed E-state index contributed by atoms with van der Waals surface area (Å²) >= 11 is 0. The molecule has 0 aromatic carbocycles. The van der Waals surface area contributed by atoms with Crippen molar-refractivity contribution in [3.8, 4) is 0 Å². The normalized spacial score (nSPS) is 11.2. The third-order valence-corrected chi connectivity index (χ3v) is 3.12. The SMILES string of the molecule is C=CC(C=C)CO[SiH2]CCCC. The summed E-state index contributed by atoms with van der Waals surface area (Å²) in [5.74, 6) is 0.346. The van der Waals surface area contributed by atoms with Crippen LogP contribution in [0.3, 0.4) is 0 Å². The van der Waals surface area contributed by atoms with Gasteiger partial charge in [0.1, 0.15) is 0 Å². The van der Waals surface area contributed by atoms with E-state index >= 15 is 0 Å². The molecule has 1 nitrogen and oxygen atoms in total. The summed E-state index contributed by atoms with van der Waals surface area (Å²) in [6.45, 7) is 10.4. The van der Waals surface area contributed by atoms with Gasteiger partial charge >= 0.3 is 0 Å². The third-order valence-electron chi connectivity index (χ3n) is 1.81. The van der Waals surface area contributed by atoms with Crippen LogP contribution in [0, 0.1) is 5.92 Å². The first kappa shape index (κ1) is 11.7. The molecule has 0 amide bonds. The van der Waals surface area contributed by atoms with Gasteiger partial charge in [0.2, 0.25) is 0 Å². The molecule has 0 spiro atoms. The summed E-state index contributed by atoms with van der Waals surface area (Å²) in [7, 11) is -0.257. The van der Waals surface area contributed by atoms with Crippen LogP contribution in [0.1, 0.15) is 19.8 Å². The molecule has 0 aliphatic rings. The molecule has 0 N–H and O–H groups in total. The highest BCUT2D eigenvalue weighted by Crippen LogP contribution is 2.00. The first-order valence-electron chi connectivity index (χ1n) is 4.68. The predicted molar refractivity (Wildman–Crippen MR) is 58.1 cm³/mol. The second-order valence-corrected chi connectivity index (χ2v) is 4.44. The molecule has 0 atom stereocenters. The van der Waals surface area contributed by atoms with Crippen molar-refractivity contribution in [3.63, 3.8) is 0 Å². The largest absolute Gasteiger partial charge is 0.423 e. The fourth-order valence-corrected chi connectivity index (χ4v) is 2.25. The second-order valence-electron chi connectivity index (χ2n) is 2.92. The summed E-state index contributed by atoms with van der Waals surface area (Å²) < 4.78 is 5.58. The van der Waals surface area contributed by atoms with Crippen molar-refractivity contribution in [1.82, 2.24) is 0 Å². The van der Waals surface area contributed by atoms with Crippen LogP contribution in [0.4, 0.5) is 0 Å². The van der Waals surface area contributed by atoms with Crippen molar-refractivity contribution >= 4 is 9.76 Å². The van der Waals surface area contributed by atoms with Gasteiger partial charge in [-0.25, -0.2) is 0 Å². The Labute approximate surface area is 78.5 Å². The first-order chi connectivity index (χ1) is 5.85. The third kappa shape index (κ3) is 6.37. The van der Waals surface area contributed by atoms with Gasteiger partial charge in [0, 0.05) is 12.5 Å². The Hall–Kier alpha value is -0.343. The molecule has 0 aromatic heterocycles. The molecule has 0 aliphatic carbocycles. The lowest BCUT2D eigenvalue weighted by Crippen LogP contribution is -2.07. The summed E-state index contributed by atoms with van der Waals surface area (Å²) in [6.07, 6.45) is 6.38. The average Bonchev–Trinajstić information content (AvgIpc) is 2.11. The Morgan fingerprint density at radius 1 is 1.42 bits per heavy atom. The summed E-state index contributed by atoms with van der Waals surface area (Å²) in [5, 5.41) is 0. The van der Waals surface area contributed by atoms with Gasteiger partial charge in [-0.2, -0.15) is 0 Å². The molecule has 0 rings (SSSR count). The standard InChI is InChI=1S/C10H20OSi/c1-4-7-8-12-11-9-10(5-2)6-3/h5-6,10H,2-4,7-9,12H2,1H3. The zero-order valence-corrected chi connectivity index (χ0v) is 9.50. The van der Waals surface area contributed by atoms with Crippen molar-refractivity contribution in [1.29, 1.82) is 0 Å². The minimum Gasteiger partial charge on any atom is -0.423 e. The van der Waals surface area contributed by atoms with Crippen LogP contribution in [0.2, 0.25) is 6.04 Å². The van der Waals surface area contributed by atoms with Crippen molar-refractivity contribution in [2.45, 2.75) is 25.8 Å². The predicted octanol–water partition coefficient (Wildman–Crippen LogP) is 2.29. The van der Waals surface area contributed by atoms with E-state index in [-0.39, 0.29) is 9.76 Å². The molecule has 0 aliphatic heterocycles. The fourth-order valence-electron chi connectivity index (χ4n) is 0.906. The highest BCUT2D eigenvalue weighted by molar-refractivity contribution is 6.26. The Balaban J connectivity index is 3.17. The molecule has 0 aromatic rings. The number of hydrogen-bond donors (Lipinski definition) is 0. The topological polar surface area (TPSA) is 9.23 Å². The van der Waals surface area contributed by atoms with Gasteiger partial charge in [0.25, 0.3) is 0 Å². The van der Waals surface area contributed by atoms with Gasteiger partial charge in [-0.15, -0.1) is 13.2 Å². The Kier molecular flexibility index (Phi) is 8.50. The number of rotatable bonds is 8. The zero-order valence-electron chi connectivity index (χ0n) is 8.09. The lowest BCUT2D eigenvalue weighted by Gasteiger charge is -2.07. The zero-order chi connectivity index (χ0) is 9.23. The molecule has 70 valence electrons. The first-order valence-corrected chi connectivity index (χ1v) is 6.25. The van der Waals surface area contributed by atoms with Crippen molar-refractivity contribution in [2.24, 2.45) is 5.92 Å². The van der Waals surface area contributed by atoms with Crippen LogP contribution in [-0.2, 0) is 4.43 Å². The Morgan fingerprint density at radius 2 is 2.08 bits per heavy atom. The van der Waals surface area contributed by atoms with Crippen molar-refractivity contribution in [3.05, 3.63) is 25.3 Å². The van der Waals surface area contributed by atoms with E-state index in [2.05, 4.69) is 20.1 Å². The maximum absolute atomic E-state index is 5.58. The lowest BCUT2D eigenvalue weighted by atomic mass is 10.2. The molecular formula is C10H20OSi. The van der Waals surface area contributed by atoms with Gasteiger partial charge in [-0.3, -0.25) is 0 Å². The fraction of sp³-hybridized carbons (Fsp3) is 0.600. The Morgan fingerprint density at radius 3 is 2.58 bits per heavy atom. The summed E-state index contributed by atoms with van der Waals surface area (Å²) in [5.41, 5.74) is 0. The molecule has 0 bridgehead atoms. The van der Waals surface area contributed by atoms with E-state index in [0.29, 0.717) is 5.92 Å². The lowest BCUT2D eigenvalue weighted by molar-refractivity contribution is 0.312. The van der Waals surface area contributed by atoms with E-state index in [9.17, 15) is 0 Å². The second kappa shape index (κ2) is 8.75. The van der Waals surface area contributed by atoms with Crippen LogP contribution in [0.15, 0.2) is 25.3 Å². The van der Waals surface area contributed by atoms with Gasteiger partial charge in [-0.1, -0.05) is 31.9 Å². The van der Waals surface area contributed by atoms with Gasteiger partial charge in [0.05, 0.1) is 0 Å². The van der Waals surface area contributed by atoms with Gasteiger partial charge in [-0.05, 0) is 6.04 Å². The van der Waals surface area contributed by atoms with Gasteiger partial charge < -0.3 is 4.43 Å². The minimum absolute atomic E-state index is 0.257. The highest BCUT2D eigenvalue weighted by atomic mass is 28.2. The minimum atomic E-state index is -0.257. The molecule has 0 saturated carbocycles. The van der Waals surface area contributed by atoms with Crippen LogP contribution < -0.4 is 0 Å². The molecule has 0 unspecified atom stereocenters. The van der Waals surface area contributed by atoms with Crippen molar-refractivity contribution < 1.29 is 4.43 Å². The molecule has 12 heavy (non-hydrogen) atoms. The maximum atomic E-state index is 5.58. The van der Waals surface area contributed by atoms with E-state index < -0.39 is 0 Å². The van der Waals surface area contributed by atoms with E-state index in [1.165, 1.54) is 18.9 Å². The average molecular weight is 184 g/mol. The van der Waals surface area contributed by atoms with E-state index in [1.807, 2.05) is 12.2 Å².